The van der Waals surface area contributed by atoms with E-state index < -0.39 is 24.0 Å². The van der Waals surface area contributed by atoms with E-state index >= 15 is 4.39 Å². The van der Waals surface area contributed by atoms with Gasteiger partial charge < -0.3 is 5.11 Å². The standard InChI is InChI=1S/C27H33F4NO/c1-15(2)25-23(24(28)17-9-11-18(12-10-17)27(29,30)31)21(16-7-5-6-8-16)22-19(32-25)13-26(3,4)14-20(22)33/h9-12,15-16,20,24,33H,5-8,13-14H2,1-4H3/t20-,24-/m0/s1. The molecule has 1 aromatic carbocycles. The number of hydrogen-bond donors (Lipinski definition) is 1. The minimum atomic E-state index is -4.47. The van der Waals surface area contributed by atoms with E-state index in [-0.39, 0.29) is 22.8 Å². The van der Waals surface area contributed by atoms with Crippen LogP contribution in [-0.2, 0) is 12.6 Å². The van der Waals surface area contributed by atoms with E-state index in [1.54, 1.807) is 0 Å². The Bertz CT molecular complexity index is 1000. The highest BCUT2D eigenvalue weighted by Gasteiger charge is 2.40. The first kappa shape index (κ1) is 24.2. The zero-order valence-electron chi connectivity index (χ0n) is 19.8. The van der Waals surface area contributed by atoms with Gasteiger partial charge in [-0.15, -0.1) is 0 Å². The first-order valence-corrected chi connectivity index (χ1v) is 11.9. The Labute approximate surface area is 193 Å². The molecule has 0 saturated heterocycles. The number of pyridine rings is 1. The van der Waals surface area contributed by atoms with Crippen LogP contribution in [0.2, 0.25) is 0 Å². The zero-order chi connectivity index (χ0) is 24.1. The lowest BCUT2D eigenvalue weighted by Crippen LogP contribution is -2.30. The van der Waals surface area contributed by atoms with Crippen molar-refractivity contribution in [1.29, 1.82) is 0 Å². The average molecular weight is 464 g/mol. The Kier molecular flexibility index (Phi) is 6.36. The Balaban J connectivity index is 1.92. The van der Waals surface area contributed by atoms with Crippen LogP contribution in [-0.4, -0.2) is 10.1 Å². The van der Waals surface area contributed by atoms with Crippen LogP contribution in [0.15, 0.2) is 24.3 Å². The number of halogens is 4. The van der Waals surface area contributed by atoms with E-state index in [0.29, 0.717) is 17.7 Å². The third kappa shape index (κ3) is 4.68. The molecule has 1 fully saturated rings. The molecule has 1 saturated carbocycles. The van der Waals surface area contributed by atoms with Crippen molar-refractivity contribution in [2.45, 2.75) is 96.5 Å². The maximum absolute atomic E-state index is 16.3. The minimum absolute atomic E-state index is 0.0552. The van der Waals surface area contributed by atoms with Gasteiger partial charge in [0, 0.05) is 22.5 Å². The minimum Gasteiger partial charge on any atom is -0.388 e. The Morgan fingerprint density at radius 3 is 2.18 bits per heavy atom. The van der Waals surface area contributed by atoms with Gasteiger partial charge in [0.25, 0.3) is 0 Å². The molecule has 2 atom stereocenters. The quantitative estimate of drug-likeness (QED) is 0.467. The average Bonchev–Trinajstić information content (AvgIpc) is 3.25. The van der Waals surface area contributed by atoms with Crippen molar-refractivity contribution in [2.24, 2.45) is 5.41 Å². The molecule has 2 aliphatic carbocycles. The molecule has 1 aromatic heterocycles. The van der Waals surface area contributed by atoms with E-state index in [0.717, 1.165) is 61.1 Å². The fraction of sp³-hybridized carbons (Fsp3) is 0.593. The smallest absolute Gasteiger partial charge is 0.388 e. The first-order valence-electron chi connectivity index (χ1n) is 11.9. The number of benzene rings is 1. The number of nitrogens with zero attached hydrogens (tertiary/aromatic N) is 1. The Morgan fingerprint density at radius 2 is 1.64 bits per heavy atom. The molecule has 180 valence electrons. The molecule has 2 aromatic rings. The summed E-state index contributed by atoms with van der Waals surface area (Å²) in [5.74, 6) is 0.0816. The van der Waals surface area contributed by atoms with Crippen LogP contribution in [0.25, 0.3) is 0 Å². The second-order valence-corrected chi connectivity index (χ2v) is 10.9. The van der Waals surface area contributed by atoms with Gasteiger partial charge in [-0.3, -0.25) is 4.98 Å². The summed E-state index contributed by atoms with van der Waals surface area (Å²) in [4.78, 5) is 4.91. The summed E-state index contributed by atoms with van der Waals surface area (Å²) in [6.45, 7) is 8.17. The van der Waals surface area contributed by atoms with Crippen molar-refractivity contribution in [3.63, 3.8) is 0 Å². The summed E-state index contributed by atoms with van der Waals surface area (Å²) in [6, 6.07) is 4.34. The Hall–Kier alpha value is -1.95. The highest BCUT2D eigenvalue weighted by atomic mass is 19.4. The van der Waals surface area contributed by atoms with E-state index in [1.807, 2.05) is 13.8 Å². The van der Waals surface area contributed by atoms with Gasteiger partial charge in [-0.05, 0) is 66.2 Å². The number of hydrogen-bond acceptors (Lipinski definition) is 2. The van der Waals surface area contributed by atoms with Gasteiger partial charge in [0.2, 0.25) is 0 Å². The second-order valence-electron chi connectivity index (χ2n) is 10.9. The molecule has 2 nitrogen and oxygen atoms in total. The summed E-state index contributed by atoms with van der Waals surface area (Å²) in [5.41, 5.74) is 2.92. The van der Waals surface area contributed by atoms with Gasteiger partial charge in [-0.2, -0.15) is 13.2 Å². The number of fused-ring (bicyclic) bond motifs is 1. The molecule has 2 aliphatic rings. The van der Waals surface area contributed by atoms with Crippen LogP contribution in [0.3, 0.4) is 0 Å². The summed E-state index contributed by atoms with van der Waals surface area (Å²) in [7, 11) is 0. The van der Waals surface area contributed by atoms with Gasteiger partial charge in [-0.1, -0.05) is 52.7 Å². The zero-order valence-corrected chi connectivity index (χ0v) is 19.8. The van der Waals surface area contributed by atoms with Crippen molar-refractivity contribution >= 4 is 0 Å². The summed E-state index contributed by atoms with van der Waals surface area (Å²) >= 11 is 0. The molecule has 0 aliphatic heterocycles. The molecule has 0 unspecified atom stereocenters. The van der Waals surface area contributed by atoms with Gasteiger partial charge in [-0.25, -0.2) is 4.39 Å². The molecule has 1 heterocycles. The first-order chi connectivity index (χ1) is 15.4. The van der Waals surface area contributed by atoms with Crippen LogP contribution in [0.1, 0.15) is 123 Å². The lowest BCUT2D eigenvalue weighted by molar-refractivity contribution is -0.137. The van der Waals surface area contributed by atoms with Crippen molar-refractivity contribution < 1.29 is 22.7 Å². The summed E-state index contributed by atoms with van der Waals surface area (Å²) < 4.78 is 55.4. The molecule has 0 amide bonds. The summed E-state index contributed by atoms with van der Waals surface area (Å²) in [6.07, 6.45) is -1.52. The molecular formula is C27H33F4NO. The topological polar surface area (TPSA) is 33.1 Å². The number of aliphatic hydroxyl groups is 1. The van der Waals surface area contributed by atoms with Crippen LogP contribution >= 0.6 is 0 Å². The maximum Gasteiger partial charge on any atom is 0.416 e. The fourth-order valence-corrected chi connectivity index (χ4v) is 5.73. The SMILES string of the molecule is CC(C)c1nc2c(c(C3CCCC3)c1[C@@H](F)c1ccc(C(F)(F)F)cc1)[C@@H](O)CC(C)(C)C2. The van der Waals surface area contributed by atoms with Crippen LogP contribution in [0.4, 0.5) is 17.6 Å². The van der Waals surface area contributed by atoms with Gasteiger partial charge in [0.15, 0.2) is 6.17 Å². The van der Waals surface area contributed by atoms with Gasteiger partial charge in [0.05, 0.1) is 11.7 Å². The molecule has 6 heteroatoms. The van der Waals surface area contributed by atoms with Crippen molar-refractivity contribution in [2.75, 3.05) is 0 Å². The molecular weight excluding hydrogens is 430 g/mol. The third-order valence-corrected chi connectivity index (χ3v) is 7.24. The number of aromatic nitrogens is 1. The lowest BCUT2D eigenvalue weighted by Gasteiger charge is -2.38. The molecule has 33 heavy (non-hydrogen) atoms. The normalized spacial score (nSPS) is 21.9. The van der Waals surface area contributed by atoms with E-state index in [2.05, 4.69) is 13.8 Å². The number of alkyl halides is 4. The Morgan fingerprint density at radius 1 is 1.03 bits per heavy atom. The molecule has 0 bridgehead atoms. The fourth-order valence-electron chi connectivity index (χ4n) is 5.73. The van der Waals surface area contributed by atoms with Gasteiger partial charge in [0.1, 0.15) is 0 Å². The van der Waals surface area contributed by atoms with Crippen molar-refractivity contribution in [1.82, 2.24) is 4.98 Å². The van der Waals surface area contributed by atoms with Crippen LogP contribution < -0.4 is 0 Å². The summed E-state index contributed by atoms with van der Waals surface area (Å²) in [5, 5.41) is 11.2. The van der Waals surface area contributed by atoms with Crippen molar-refractivity contribution in [3.8, 4) is 0 Å². The molecule has 4 rings (SSSR count). The molecule has 0 radical (unpaired) electrons. The van der Waals surface area contributed by atoms with E-state index in [1.165, 1.54) is 12.1 Å². The van der Waals surface area contributed by atoms with Gasteiger partial charge >= 0.3 is 6.18 Å². The lowest BCUT2D eigenvalue weighted by atomic mass is 9.70. The monoisotopic (exact) mass is 463 g/mol. The predicted octanol–water partition coefficient (Wildman–Crippen LogP) is 7.95. The van der Waals surface area contributed by atoms with Crippen LogP contribution in [0, 0.1) is 5.41 Å². The second kappa shape index (κ2) is 8.68. The molecule has 1 N–H and O–H groups in total. The van der Waals surface area contributed by atoms with Crippen molar-refractivity contribution in [3.05, 3.63) is 63.5 Å². The third-order valence-electron chi connectivity index (χ3n) is 7.24. The maximum atomic E-state index is 16.3. The number of aliphatic hydroxyl groups excluding tert-OH is 1. The highest BCUT2D eigenvalue weighted by molar-refractivity contribution is 5.50. The van der Waals surface area contributed by atoms with Crippen LogP contribution in [0.5, 0.6) is 0 Å². The van der Waals surface area contributed by atoms with E-state index in [4.69, 9.17) is 4.98 Å². The highest BCUT2D eigenvalue weighted by Crippen LogP contribution is 2.50. The molecule has 0 spiro atoms. The van der Waals surface area contributed by atoms with E-state index in [9.17, 15) is 18.3 Å². The largest absolute Gasteiger partial charge is 0.416 e. The number of rotatable bonds is 4. The predicted molar refractivity (Wildman–Crippen MR) is 121 cm³/mol.